The van der Waals surface area contributed by atoms with E-state index >= 15 is 0 Å². The van der Waals surface area contributed by atoms with E-state index in [0.717, 1.165) is 28.1 Å². The Labute approximate surface area is 125 Å². The molecule has 0 aliphatic carbocycles. The molecule has 2 nitrogen and oxygen atoms in total. The van der Waals surface area contributed by atoms with Crippen molar-refractivity contribution in [2.45, 2.75) is 40.5 Å². The molecule has 0 spiro atoms. The van der Waals surface area contributed by atoms with Crippen LogP contribution in [0.5, 0.6) is 11.6 Å². The van der Waals surface area contributed by atoms with E-state index in [9.17, 15) is 0 Å². The maximum absolute atomic E-state index is 6.06. The number of pyridine rings is 1. The van der Waals surface area contributed by atoms with Gasteiger partial charge in [-0.3, -0.25) is 0 Å². The van der Waals surface area contributed by atoms with Crippen LogP contribution in [0.25, 0.3) is 0 Å². The Hall–Kier alpha value is -1.54. The van der Waals surface area contributed by atoms with Crippen molar-refractivity contribution in [3.8, 4) is 11.6 Å². The van der Waals surface area contributed by atoms with E-state index < -0.39 is 0 Å². The molecule has 3 heteroatoms. The minimum Gasteiger partial charge on any atom is -0.438 e. The molecule has 2 aromatic rings. The molecule has 0 amide bonds. The third kappa shape index (κ3) is 2.96. The van der Waals surface area contributed by atoms with E-state index in [0.29, 0.717) is 11.8 Å². The van der Waals surface area contributed by atoms with Crippen molar-refractivity contribution in [2.75, 3.05) is 0 Å². The van der Waals surface area contributed by atoms with Gasteiger partial charge in [0.05, 0.1) is 5.88 Å². The van der Waals surface area contributed by atoms with E-state index in [1.807, 2.05) is 26.0 Å². The predicted molar refractivity (Wildman–Crippen MR) is 84.0 cm³/mol. The number of hydrogen-bond donors (Lipinski definition) is 0. The summed E-state index contributed by atoms with van der Waals surface area (Å²) in [7, 11) is 0. The molecule has 1 heterocycles. The normalized spacial score (nSPS) is 10.7. The number of rotatable bonds is 3. The highest BCUT2D eigenvalue weighted by Crippen LogP contribution is 2.31. The number of nitrogens with zero attached hydrogens (tertiary/aromatic N) is 1. The molecular formula is C17H20ClNO. The zero-order chi connectivity index (χ0) is 14.9. The predicted octanol–water partition coefficient (Wildman–Crippen LogP) is 5.15. The lowest BCUT2D eigenvalue weighted by Crippen LogP contribution is -2.00. The van der Waals surface area contributed by atoms with E-state index in [4.69, 9.17) is 16.3 Å². The molecule has 0 saturated heterocycles. The van der Waals surface area contributed by atoms with Gasteiger partial charge in [0.1, 0.15) is 5.75 Å². The van der Waals surface area contributed by atoms with Crippen LogP contribution in [0, 0.1) is 34.6 Å². The Morgan fingerprint density at radius 3 is 2.35 bits per heavy atom. The van der Waals surface area contributed by atoms with E-state index in [1.165, 1.54) is 11.1 Å². The molecule has 1 aromatic carbocycles. The molecule has 20 heavy (non-hydrogen) atoms. The van der Waals surface area contributed by atoms with Crippen molar-refractivity contribution < 1.29 is 4.74 Å². The minimum atomic E-state index is 0.401. The summed E-state index contributed by atoms with van der Waals surface area (Å²) in [5.74, 6) is 1.87. The molecule has 0 atom stereocenters. The first-order chi connectivity index (χ1) is 9.42. The van der Waals surface area contributed by atoms with Gasteiger partial charge >= 0.3 is 0 Å². The molecule has 106 valence electrons. The van der Waals surface area contributed by atoms with Crippen LogP contribution >= 0.6 is 11.6 Å². The van der Waals surface area contributed by atoms with E-state index in [1.54, 1.807) is 0 Å². The molecule has 0 radical (unpaired) electrons. The van der Waals surface area contributed by atoms with Crippen molar-refractivity contribution in [2.24, 2.45) is 0 Å². The molecular weight excluding hydrogens is 270 g/mol. The van der Waals surface area contributed by atoms with Crippen LogP contribution in [0.1, 0.15) is 33.5 Å². The molecule has 0 fully saturated rings. The zero-order valence-corrected chi connectivity index (χ0v) is 13.4. The van der Waals surface area contributed by atoms with Crippen LogP contribution in [0.2, 0.25) is 0 Å². The summed E-state index contributed by atoms with van der Waals surface area (Å²) < 4.78 is 6.06. The lowest BCUT2D eigenvalue weighted by Gasteiger charge is -2.15. The first-order valence-corrected chi connectivity index (χ1v) is 7.24. The van der Waals surface area contributed by atoms with Gasteiger partial charge in [-0.05, 0) is 69.0 Å². The van der Waals surface area contributed by atoms with Crippen LogP contribution < -0.4 is 4.74 Å². The quantitative estimate of drug-likeness (QED) is 0.729. The average Bonchev–Trinajstić information content (AvgIpc) is 2.35. The molecule has 0 aliphatic heterocycles. The summed E-state index contributed by atoms with van der Waals surface area (Å²) in [4.78, 5) is 4.49. The SMILES string of the molecule is Cc1cc(C)c(C)c(Oc2nc(C)cc(C)c2CCl)c1. The maximum Gasteiger partial charge on any atom is 0.224 e. The fourth-order valence-electron chi connectivity index (χ4n) is 2.29. The van der Waals surface area contributed by atoms with Gasteiger partial charge in [-0.25, -0.2) is 4.98 Å². The molecule has 0 bridgehead atoms. The van der Waals surface area contributed by atoms with Crippen LogP contribution in [-0.2, 0) is 5.88 Å². The topological polar surface area (TPSA) is 22.1 Å². The van der Waals surface area contributed by atoms with Gasteiger partial charge in [-0.1, -0.05) is 6.07 Å². The Kier molecular flexibility index (Phi) is 4.34. The van der Waals surface area contributed by atoms with Gasteiger partial charge in [-0.2, -0.15) is 0 Å². The highest BCUT2D eigenvalue weighted by molar-refractivity contribution is 6.17. The Morgan fingerprint density at radius 2 is 1.70 bits per heavy atom. The Balaban J connectivity index is 2.50. The minimum absolute atomic E-state index is 0.401. The number of alkyl halides is 1. The van der Waals surface area contributed by atoms with Crippen molar-refractivity contribution in [1.82, 2.24) is 4.98 Å². The van der Waals surface area contributed by atoms with Crippen LogP contribution in [0.3, 0.4) is 0 Å². The fourth-order valence-corrected chi connectivity index (χ4v) is 2.61. The lowest BCUT2D eigenvalue weighted by molar-refractivity contribution is 0.452. The van der Waals surface area contributed by atoms with Gasteiger partial charge < -0.3 is 4.74 Å². The summed E-state index contributed by atoms with van der Waals surface area (Å²) in [6.45, 7) is 10.2. The second-order valence-electron chi connectivity index (χ2n) is 5.30. The number of aryl methyl sites for hydroxylation is 4. The largest absolute Gasteiger partial charge is 0.438 e. The molecule has 0 N–H and O–H groups in total. The summed E-state index contributed by atoms with van der Waals surface area (Å²) in [5.41, 5.74) is 6.54. The fraction of sp³-hybridized carbons (Fsp3) is 0.353. The monoisotopic (exact) mass is 289 g/mol. The van der Waals surface area contributed by atoms with Crippen molar-refractivity contribution in [3.63, 3.8) is 0 Å². The third-order valence-electron chi connectivity index (χ3n) is 3.54. The van der Waals surface area contributed by atoms with Crippen molar-refractivity contribution >= 4 is 11.6 Å². The van der Waals surface area contributed by atoms with Crippen molar-refractivity contribution in [1.29, 1.82) is 0 Å². The number of aromatic nitrogens is 1. The van der Waals surface area contributed by atoms with E-state index in [2.05, 4.69) is 31.8 Å². The van der Waals surface area contributed by atoms with Gasteiger partial charge in [0, 0.05) is 11.3 Å². The Bertz CT molecular complexity index is 650. The second kappa shape index (κ2) is 5.84. The Morgan fingerprint density at radius 1 is 1.00 bits per heavy atom. The first kappa shape index (κ1) is 14.9. The lowest BCUT2D eigenvalue weighted by atomic mass is 10.1. The number of ether oxygens (including phenoxy) is 1. The molecule has 2 rings (SSSR count). The number of hydrogen-bond acceptors (Lipinski definition) is 2. The highest BCUT2D eigenvalue weighted by atomic mass is 35.5. The standard InChI is InChI=1S/C17H20ClNO/c1-10-6-11(2)14(5)16(7-10)20-17-15(9-18)12(3)8-13(4)19-17/h6-8H,9H2,1-5H3. The molecule has 0 saturated carbocycles. The maximum atomic E-state index is 6.06. The molecule has 1 aromatic heterocycles. The summed E-state index contributed by atoms with van der Waals surface area (Å²) >= 11 is 6.04. The van der Waals surface area contributed by atoms with Crippen LogP contribution in [0.4, 0.5) is 0 Å². The van der Waals surface area contributed by atoms with E-state index in [-0.39, 0.29) is 0 Å². The van der Waals surface area contributed by atoms with Gasteiger partial charge in [0.15, 0.2) is 0 Å². The summed E-state index contributed by atoms with van der Waals surface area (Å²) in [6.07, 6.45) is 0. The van der Waals surface area contributed by atoms with Gasteiger partial charge in [-0.15, -0.1) is 11.6 Å². The first-order valence-electron chi connectivity index (χ1n) is 6.71. The van der Waals surface area contributed by atoms with Crippen LogP contribution in [0.15, 0.2) is 18.2 Å². The highest BCUT2D eigenvalue weighted by Gasteiger charge is 2.12. The van der Waals surface area contributed by atoms with Gasteiger partial charge in [0.2, 0.25) is 5.88 Å². The van der Waals surface area contributed by atoms with Crippen molar-refractivity contribution in [3.05, 3.63) is 51.7 Å². The third-order valence-corrected chi connectivity index (χ3v) is 3.81. The van der Waals surface area contributed by atoms with Gasteiger partial charge in [0.25, 0.3) is 0 Å². The van der Waals surface area contributed by atoms with Crippen LogP contribution in [-0.4, -0.2) is 4.98 Å². The number of benzene rings is 1. The average molecular weight is 290 g/mol. The number of halogens is 1. The summed E-state index contributed by atoms with van der Waals surface area (Å²) in [6, 6.07) is 6.22. The second-order valence-corrected chi connectivity index (χ2v) is 5.57. The summed E-state index contributed by atoms with van der Waals surface area (Å²) in [5, 5.41) is 0. The smallest absolute Gasteiger partial charge is 0.224 e. The molecule has 0 unspecified atom stereocenters. The zero-order valence-electron chi connectivity index (χ0n) is 12.7. The molecule has 0 aliphatic rings.